The van der Waals surface area contributed by atoms with Crippen LogP contribution in [0.4, 0.5) is 10.1 Å². The number of benzene rings is 3. The lowest BCUT2D eigenvalue weighted by molar-refractivity contribution is -0.115. The van der Waals surface area contributed by atoms with E-state index in [-0.39, 0.29) is 11.7 Å². The molecule has 3 aromatic rings. The van der Waals surface area contributed by atoms with Gasteiger partial charge in [-0.05, 0) is 65.4 Å². The molecule has 4 rings (SSSR count). The third kappa shape index (κ3) is 5.47. The molecule has 1 aliphatic rings. The minimum atomic E-state index is -0.279. The van der Waals surface area contributed by atoms with Crippen LogP contribution in [0.3, 0.4) is 0 Å². The molecule has 156 valence electrons. The lowest BCUT2D eigenvalue weighted by Crippen LogP contribution is -2.19. The number of thioether (sulfide) groups is 1. The summed E-state index contributed by atoms with van der Waals surface area (Å²) in [6, 6.07) is 18.6. The average Bonchev–Trinajstić information content (AvgIpc) is 3.10. The van der Waals surface area contributed by atoms with E-state index in [0.29, 0.717) is 38.2 Å². The van der Waals surface area contributed by atoms with Gasteiger partial charge >= 0.3 is 0 Å². The van der Waals surface area contributed by atoms with Crippen molar-refractivity contribution in [2.24, 2.45) is 4.99 Å². The Morgan fingerprint density at radius 2 is 1.77 bits per heavy atom. The van der Waals surface area contributed by atoms with Gasteiger partial charge in [0, 0.05) is 0 Å². The highest BCUT2D eigenvalue weighted by Crippen LogP contribution is 2.34. The number of ether oxygens (including phenoxy) is 1. The van der Waals surface area contributed by atoms with Crippen LogP contribution in [0, 0.1) is 5.82 Å². The summed E-state index contributed by atoms with van der Waals surface area (Å²) in [5.41, 5.74) is 2.20. The molecule has 0 spiro atoms. The molecule has 31 heavy (non-hydrogen) atoms. The third-order valence-electron chi connectivity index (χ3n) is 4.30. The Kier molecular flexibility index (Phi) is 6.61. The summed E-state index contributed by atoms with van der Waals surface area (Å²) < 4.78 is 18.7. The van der Waals surface area contributed by atoms with Crippen molar-refractivity contribution in [2.75, 3.05) is 0 Å². The number of amides is 1. The highest BCUT2D eigenvalue weighted by Gasteiger charge is 2.24. The van der Waals surface area contributed by atoms with Crippen LogP contribution in [0.2, 0.25) is 10.0 Å². The second-order valence-electron chi connectivity index (χ2n) is 6.54. The fraction of sp³-hybridized carbons (Fsp3) is 0.0435. The zero-order valence-corrected chi connectivity index (χ0v) is 18.3. The molecule has 1 heterocycles. The van der Waals surface area contributed by atoms with Gasteiger partial charge in [0.15, 0.2) is 5.17 Å². The van der Waals surface area contributed by atoms with Crippen LogP contribution < -0.4 is 10.1 Å². The van der Waals surface area contributed by atoms with E-state index in [2.05, 4.69) is 10.3 Å². The summed E-state index contributed by atoms with van der Waals surface area (Å²) in [7, 11) is 0. The number of halogens is 3. The van der Waals surface area contributed by atoms with Crippen molar-refractivity contribution in [3.05, 3.63) is 98.6 Å². The van der Waals surface area contributed by atoms with Crippen molar-refractivity contribution in [3.8, 4) is 5.75 Å². The molecule has 0 bridgehead atoms. The predicted molar refractivity (Wildman–Crippen MR) is 124 cm³/mol. The number of nitrogens with zero attached hydrogens (tertiary/aromatic N) is 1. The van der Waals surface area contributed by atoms with Gasteiger partial charge < -0.3 is 10.1 Å². The number of aliphatic imine (C=N–C) groups is 1. The van der Waals surface area contributed by atoms with Gasteiger partial charge in [-0.3, -0.25) is 4.79 Å². The van der Waals surface area contributed by atoms with Crippen LogP contribution in [-0.2, 0) is 11.4 Å². The van der Waals surface area contributed by atoms with E-state index in [9.17, 15) is 9.18 Å². The molecule has 4 nitrogen and oxygen atoms in total. The summed E-state index contributed by atoms with van der Waals surface area (Å²) in [5, 5.41) is 3.89. The van der Waals surface area contributed by atoms with Gasteiger partial charge in [0.2, 0.25) is 0 Å². The van der Waals surface area contributed by atoms with Gasteiger partial charge in [-0.1, -0.05) is 53.5 Å². The summed E-state index contributed by atoms with van der Waals surface area (Å²) in [4.78, 5) is 17.2. The number of rotatable bonds is 5. The van der Waals surface area contributed by atoms with Gasteiger partial charge in [0.25, 0.3) is 5.91 Å². The molecule has 8 heteroatoms. The Hall–Kier alpha value is -2.80. The minimum Gasteiger partial charge on any atom is -0.489 e. The molecule has 1 amide bonds. The highest BCUT2D eigenvalue weighted by molar-refractivity contribution is 8.18. The normalized spacial score (nSPS) is 16.0. The lowest BCUT2D eigenvalue weighted by Gasteiger charge is -2.06. The number of carbonyl (C=O) groups is 1. The van der Waals surface area contributed by atoms with Crippen molar-refractivity contribution in [3.63, 3.8) is 0 Å². The van der Waals surface area contributed by atoms with Crippen LogP contribution in [0.15, 0.2) is 76.6 Å². The predicted octanol–water partition coefficient (Wildman–Crippen LogP) is 6.60. The van der Waals surface area contributed by atoms with Crippen LogP contribution in [0.1, 0.15) is 11.1 Å². The fourth-order valence-corrected chi connectivity index (χ4v) is 3.90. The Bertz CT molecular complexity index is 1180. The third-order valence-corrected chi connectivity index (χ3v) is 6.02. The van der Waals surface area contributed by atoms with Gasteiger partial charge in [-0.25, -0.2) is 9.38 Å². The maximum absolute atomic E-state index is 13.0. The first kappa shape index (κ1) is 21.4. The number of hydrogen-bond donors (Lipinski definition) is 1. The molecule has 0 aromatic heterocycles. The smallest absolute Gasteiger partial charge is 0.264 e. The number of nitrogens with one attached hydrogen (secondary N) is 1. The zero-order chi connectivity index (χ0) is 21.8. The van der Waals surface area contributed by atoms with E-state index in [1.807, 2.05) is 24.3 Å². The molecule has 0 unspecified atom stereocenters. The lowest BCUT2D eigenvalue weighted by atomic mass is 10.2. The molecule has 0 atom stereocenters. The molecular formula is C23H15Cl2FN2O2S. The second-order valence-corrected chi connectivity index (χ2v) is 8.35. The van der Waals surface area contributed by atoms with E-state index in [1.165, 1.54) is 23.9 Å². The average molecular weight is 473 g/mol. The van der Waals surface area contributed by atoms with Crippen molar-refractivity contribution < 1.29 is 13.9 Å². The van der Waals surface area contributed by atoms with E-state index in [4.69, 9.17) is 27.9 Å². The first-order chi connectivity index (χ1) is 15.0. The molecule has 0 saturated carbocycles. The molecule has 1 fully saturated rings. The van der Waals surface area contributed by atoms with Crippen LogP contribution in [0.5, 0.6) is 5.75 Å². The maximum atomic E-state index is 13.0. The van der Waals surface area contributed by atoms with Crippen molar-refractivity contribution in [2.45, 2.75) is 6.61 Å². The van der Waals surface area contributed by atoms with Crippen LogP contribution in [0.25, 0.3) is 6.08 Å². The second kappa shape index (κ2) is 9.56. The van der Waals surface area contributed by atoms with Gasteiger partial charge in [0.1, 0.15) is 18.2 Å². The quantitative estimate of drug-likeness (QED) is 0.425. The van der Waals surface area contributed by atoms with Gasteiger partial charge in [0.05, 0.1) is 20.6 Å². The molecule has 1 saturated heterocycles. The zero-order valence-electron chi connectivity index (χ0n) is 15.9. The van der Waals surface area contributed by atoms with E-state index in [1.54, 1.807) is 36.4 Å². The number of amidine groups is 1. The minimum absolute atomic E-state index is 0.237. The van der Waals surface area contributed by atoms with Gasteiger partial charge in [-0.2, -0.15) is 0 Å². The first-order valence-electron chi connectivity index (χ1n) is 9.19. The van der Waals surface area contributed by atoms with Crippen molar-refractivity contribution in [1.29, 1.82) is 0 Å². The molecular weight excluding hydrogens is 458 g/mol. The summed E-state index contributed by atoms with van der Waals surface area (Å²) in [6.45, 7) is 0.338. The van der Waals surface area contributed by atoms with Gasteiger partial charge in [-0.15, -0.1) is 0 Å². The van der Waals surface area contributed by atoms with Crippen molar-refractivity contribution in [1.82, 2.24) is 5.32 Å². The first-order valence-corrected chi connectivity index (χ1v) is 10.8. The maximum Gasteiger partial charge on any atom is 0.264 e. The largest absolute Gasteiger partial charge is 0.489 e. The van der Waals surface area contributed by atoms with E-state index in [0.717, 1.165) is 11.1 Å². The molecule has 0 aliphatic carbocycles. The summed E-state index contributed by atoms with van der Waals surface area (Å²) in [5.74, 6) is 0.158. The van der Waals surface area contributed by atoms with E-state index < -0.39 is 0 Å². The SMILES string of the molecule is O=C1NC(=Nc2cccc(Cl)c2Cl)S/C1=C\c1ccc(OCc2ccc(F)cc2)cc1. The summed E-state index contributed by atoms with van der Waals surface area (Å²) >= 11 is 13.4. The fourth-order valence-electron chi connectivity index (χ4n) is 2.73. The Balaban J connectivity index is 1.42. The Morgan fingerprint density at radius 1 is 1.03 bits per heavy atom. The number of carbonyl (C=O) groups excluding carboxylic acids is 1. The Morgan fingerprint density at radius 3 is 2.52 bits per heavy atom. The molecule has 1 aliphatic heterocycles. The topological polar surface area (TPSA) is 50.7 Å². The van der Waals surface area contributed by atoms with Crippen LogP contribution >= 0.6 is 35.0 Å². The highest BCUT2D eigenvalue weighted by atomic mass is 35.5. The monoisotopic (exact) mass is 472 g/mol. The van der Waals surface area contributed by atoms with Crippen LogP contribution in [-0.4, -0.2) is 11.1 Å². The Labute approximate surface area is 192 Å². The molecule has 0 radical (unpaired) electrons. The van der Waals surface area contributed by atoms with E-state index >= 15 is 0 Å². The number of hydrogen-bond acceptors (Lipinski definition) is 4. The molecule has 1 N–H and O–H groups in total. The van der Waals surface area contributed by atoms with Crippen molar-refractivity contribution >= 4 is 57.8 Å². The molecule has 3 aromatic carbocycles. The standard InChI is InChI=1S/C23H15Cl2FN2O2S/c24-18-2-1-3-19(21(18)25)27-23-28-22(29)20(31-23)12-14-6-10-17(11-7-14)30-13-15-4-8-16(26)9-5-15/h1-12H,13H2,(H,27,28,29)/b20-12-. The summed E-state index contributed by atoms with van der Waals surface area (Å²) in [6.07, 6.45) is 1.77.